The Morgan fingerprint density at radius 3 is 2.53 bits per heavy atom. The highest BCUT2D eigenvalue weighted by atomic mass is 79.9. The summed E-state index contributed by atoms with van der Waals surface area (Å²) in [5, 5.41) is 12.1. The van der Waals surface area contributed by atoms with Gasteiger partial charge >= 0.3 is 0 Å². The maximum Gasteiger partial charge on any atom is 0.148 e. The molecule has 0 aromatic heterocycles. The van der Waals surface area contributed by atoms with E-state index in [0.717, 1.165) is 10.2 Å². The van der Waals surface area contributed by atoms with Crippen molar-refractivity contribution in [3.05, 3.63) is 63.3 Å². The van der Waals surface area contributed by atoms with Crippen LogP contribution in [0.4, 0.5) is 10.1 Å². The summed E-state index contributed by atoms with van der Waals surface area (Å²) in [5.41, 5.74) is 0.965. The van der Waals surface area contributed by atoms with Crippen molar-refractivity contribution in [3.63, 3.8) is 0 Å². The third-order valence-corrected chi connectivity index (χ3v) is 3.40. The summed E-state index contributed by atoms with van der Waals surface area (Å²) in [6, 6.07) is 13.1. The largest absolute Gasteiger partial charge is 0.366 e. The zero-order valence-electron chi connectivity index (χ0n) is 9.70. The molecule has 96 valence electrons. The molecule has 2 rings (SSSR count). The van der Waals surface area contributed by atoms with E-state index in [1.807, 2.05) is 18.2 Å². The second-order valence-corrected chi connectivity index (χ2v) is 5.18. The monoisotopic (exact) mass is 338 g/mol. The van der Waals surface area contributed by atoms with Crippen LogP contribution in [-0.4, -0.2) is 0 Å². The quantitative estimate of drug-likeness (QED) is 0.861. The molecule has 0 amide bonds. The Hall–Kier alpha value is -1.57. The van der Waals surface area contributed by atoms with Crippen molar-refractivity contribution >= 4 is 33.2 Å². The summed E-state index contributed by atoms with van der Waals surface area (Å²) in [6.07, 6.45) is 0. The SMILES string of the molecule is N#CC(Nc1ccc(Br)cc1)c1cccc(Cl)c1F. The van der Waals surface area contributed by atoms with Crippen LogP contribution in [0, 0.1) is 17.1 Å². The molecule has 2 nitrogen and oxygen atoms in total. The highest BCUT2D eigenvalue weighted by Gasteiger charge is 2.16. The standard InChI is InChI=1S/C14H9BrClFN2/c15-9-4-6-10(7-5-9)19-13(8-18)11-2-1-3-12(16)14(11)17/h1-7,13,19H. The van der Waals surface area contributed by atoms with Gasteiger partial charge in [-0.2, -0.15) is 5.26 Å². The number of halogens is 3. The third kappa shape index (κ3) is 3.25. The molecule has 0 radical (unpaired) electrons. The van der Waals surface area contributed by atoms with Crippen LogP contribution in [0.5, 0.6) is 0 Å². The fourth-order valence-corrected chi connectivity index (χ4v) is 2.08. The summed E-state index contributed by atoms with van der Waals surface area (Å²) in [6.45, 7) is 0. The van der Waals surface area contributed by atoms with Crippen LogP contribution in [0.15, 0.2) is 46.9 Å². The van der Waals surface area contributed by atoms with E-state index in [1.54, 1.807) is 24.3 Å². The van der Waals surface area contributed by atoms with Crippen LogP contribution in [0.2, 0.25) is 5.02 Å². The van der Waals surface area contributed by atoms with Gasteiger partial charge < -0.3 is 5.32 Å². The zero-order chi connectivity index (χ0) is 13.8. The second-order valence-electron chi connectivity index (χ2n) is 3.86. The number of nitriles is 1. The molecule has 0 heterocycles. The lowest BCUT2D eigenvalue weighted by molar-refractivity contribution is 0.608. The molecule has 0 aliphatic heterocycles. The first-order valence-electron chi connectivity index (χ1n) is 5.47. The molecule has 5 heteroatoms. The van der Waals surface area contributed by atoms with Crippen molar-refractivity contribution in [1.82, 2.24) is 0 Å². The van der Waals surface area contributed by atoms with Crippen molar-refractivity contribution in [2.75, 3.05) is 5.32 Å². The van der Waals surface area contributed by atoms with Gasteiger partial charge in [0.15, 0.2) is 0 Å². The Morgan fingerprint density at radius 2 is 1.89 bits per heavy atom. The number of hydrogen-bond donors (Lipinski definition) is 1. The molecule has 0 spiro atoms. The minimum Gasteiger partial charge on any atom is -0.366 e. The van der Waals surface area contributed by atoms with Gasteiger partial charge in [-0.05, 0) is 30.3 Å². The van der Waals surface area contributed by atoms with E-state index in [1.165, 1.54) is 6.07 Å². The molecule has 1 N–H and O–H groups in total. The highest BCUT2D eigenvalue weighted by Crippen LogP contribution is 2.26. The van der Waals surface area contributed by atoms with Crippen LogP contribution in [-0.2, 0) is 0 Å². The number of rotatable bonds is 3. The fourth-order valence-electron chi connectivity index (χ4n) is 1.64. The van der Waals surface area contributed by atoms with Crippen molar-refractivity contribution in [3.8, 4) is 6.07 Å². The van der Waals surface area contributed by atoms with Crippen LogP contribution >= 0.6 is 27.5 Å². The van der Waals surface area contributed by atoms with Gasteiger partial charge in [-0.3, -0.25) is 0 Å². The maximum absolute atomic E-state index is 13.9. The van der Waals surface area contributed by atoms with E-state index in [0.29, 0.717) is 0 Å². The van der Waals surface area contributed by atoms with Crippen molar-refractivity contribution < 1.29 is 4.39 Å². The Balaban J connectivity index is 2.28. The number of nitrogens with zero attached hydrogens (tertiary/aromatic N) is 1. The van der Waals surface area contributed by atoms with E-state index in [2.05, 4.69) is 21.2 Å². The van der Waals surface area contributed by atoms with Gasteiger partial charge in [0, 0.05) is 15.7 Å². The number of benzene rings is 2. The average molecular weight is 340 g/mol. The molecule has 0 saturated carbocycles. The van der Waals surface area contributed by atoms with Crippen LogP contribution in [0.1, 0.15) is 11.6 Å². The summed E-state index contributed by atoms with van der Waals surface area (Å²) < 4.78 is 14.8. The van der Waals surface area contributed by atoms with Crippen molar-refractivity contribution in [1.29, 1.82) is 5.26 Å². The van der Waals surface area contributed by atoms with Gasteiger partial charge in [-0.15, -0.1) is 0 Å². The van der Waals surface area contributed by atoms with E-state index < -0.39 is 11.9 Å². The van der Waals surface area contributed by atoms with Gasteiger partial charge in [-0.1, -0.05) is 39.7 Å². The van der Waals surface area contributed by atoms with Crippen LogP contribution in [0.3, 0.4) is 0 Å². The minimum absolute atomic E-state index is 0.00959. The van der Waals surface area contributed by atoms with E-state index in [-0.39, 0.29) is 10.6 Å². The molecular weight excluding hydrogens is 331 g/mol. The van der Waals surface area contributed by atoms with Gasteiger partial charge in [0.2, 0.25) is 0 Å². The Morgan fingerprint density at radius 1 is 1.21 bits per heavy atom. The first kappa shape index (κ1) is 13.9. The van der Waals surface area contributed by atoms with Gasteiger partial charge in [0.1, 0.15) is 11.9 Å². The smallest absolute Gasteiger partial charge is 0.148 e. The Bertz CT molecular complexity index is 622. The van der Waals surface area contributed by atoms with E-state index in [9.17, 15) is 9.65 Å². The summed E-state index contributed by atoms with van der Waals surface area (Å²) in [7, 11) is 0. The number of anilines is 1. The third-order valence-electron chi connectivity index (χ3n) is 2.58. The van der Waals surface area contributed by atoms with Crippen LogP contribution < -0.4 is 5.32 Å². The topological polar surface area (TPSA) is 35.8 Å². The minimum atomic E-state index is -0.792. The maximum atomic E-state index is 13.9. The fraction of sp³-hybridized carbons (Fsp3) is 0.0714. The molecule has 0 fully saturated rings. The normalized spacial score (nSPS) is 11.7. The van der Waals surface area contributed by atoms with Gasteiger partial charge in [-0.25, -0.2) is 4.39 Å². The van der Waals surface area contributed by atoms with Gasteiger partial charge in [0.05, 0.1) is 11.1 Å². The molecular formula is C14H9BrClFN2. The van der Waals surface area contributed by atoms with E-state index >= 15 is 0 Å². The summed E-state index contributed by atoms with van der Waals surface area (Å²) >= 11 is 9.04. The first-order valence-corrected chi connectivity index (χ1v) is 6.64. The highest BCUT2D eigenvalue weighted by molar-refractivity contribution is 9.10. The number of nitrogens with one attached hydrogen (secondary N) is 1. The first-order chi connectivity index (χ1) is 9.11. The lowest BCUT2D eigenvalue weighted by atomic mass is 10.1. The Kier molecular flexibility index (Phi) is 4.41. The van der Waals surface area contributed by atoms with Crippen LogP contribution in [0.25, 0.3) is 0 Å². The molecule has 2 aromatic rings. The molecule has 2 aromatic carbocycles. The summed E-state index contributed by atoms with van der Waals surface area (Å²) in [5.74, 6) is -0.569. The van der Waals surface area contributed by atoms with Crippen molar-refractivity contribution in [2.45, 2.75) is 6.04 Å². The Labute approximate surface area is 123 Å². The van der Waals surface area contributed by atoms with E-state index in [4.69, 9.17) is 11.6 Å². The summed E-state index contributed by atoms with van der Waals surface area (Å²) in [4.78, 5) is 0. The average Bonchev–Trinajstić information content (AvgIpc) is 2.42. The molecule has 0 saturated heterocycles. The zero-order valence-corrected chi connectivity index (χ0v) is 12.0. The van der Waals surface area contributed by atoms with Gasteiger partial charge in [0.25, 0.3) is 0 Å². The lowest BCUT2D eigenvalue weighted by Gasteiger charge is -2.14. The number of hydrogen-bond acceptors (Lipinski definition) is 2. The lowest BCUT2D eigenvalue weighted by Crippen LogP contribution is -2.10. The molecule has 1 atom stereocenters. The molecule has 0 bridgehead atoms. The molecule has 19 heavy (non-hydrogen) atoms. The predicted molar refractivity (Wildman–Crippen MR) is 77.5 cm³/mol. The van der Waals surface area contributed by atoms with Crippen molar-refractivity contribution in [2.24, 2.45) is 0 Å². The molecule has 0 aliphatic carbocycles. The predicted octanol–water partition coefficient (Wildman–Crippen LogP) is 4.92. The molecule has 0 aliphatic rings. The molecule has 1 unspecified atom stereocenters. The second kappa shape index (κ2) is 6.05.